The molecule has 7 heteroatoms. The highest BCUT2D eigenvalue weighted by molar-refractivity contribution is 9.10. The van der Waals surface area contributed by atoms with Crippen molar-refractivity contribution in [2.45, 2.75) is 13.1 Å². The van der Waals surface area contributed by atoms with Crippen LogP contribution >= 0.6 is 39.7 Å². The normalized spacial score (nSPS) is 9.95. The molecule has 1 aromatic heterocycles. The predicted octanol–water partition coefficient (Wildman–Crippen LogP) is 3.09. The zero-order valence-electron chi connectivity index (χ0n) is 11.2. The van der Waals surface area contributed by atoms with Crippen molar-refractivity contribution in [3.8, 4) is 5.75 Å². The van der Waals surface area contributed by atoms with E-state index in [2.05, 4.69) is 32.7 Å². The molecule has 2 rings (SSSR count). The first-order valence-corrected chi connectivity index (χ1v) is 7.75. The summed E-state index contributed by atoms with van der Waals surface area (Å²) in [5.74, 6) is 0.191. The lowest BCUT2D eigenvalue weighted by molar-refractivity contribution is -0.119. The molecule has 0 spiro atoms. The number of thiophene rings is 1. The Hall–Kier alpha value is -1.08. The van der Waals surface area contributed by atoms with E-state index in [-0.39, 0.29) is 19.0 Å². The maximum Gasteiger partial charge on any atom is 0.255 e. The topological polar surface area (TPSA) is 64.4 Å². The molecule has 0 bridgehead atoms. The summed E-state index contributed by atoms with van der Waals surface area (Å²) < 4.78 is 6.38. The molecule has 2 aromatic rings. The number of ether oxygens (including phenoxy) is 1. The third-order valence-electron chi connectivity index (χ3n) is 2.59. The Balaban J connectivity index is 0.00000220. The molecule has 1 heterocycles. The Kier molecular flexibility index (Phi) is 7.74. The van der Waals surface area contributed by atoms with Crippen molar-refractivity contribution in [2.75, 3.05) is 6.61 Å². The first-order chi connectivity index (χ1) is 9.65. The van der Waals surface area contributed by atoms with Crippen LogP contribution in [0.25, 0.3) is 0 Å². The fourth-order valence-corrected chi connectivity index (χ4v) is 2.79. The van der Waals surface area contributed by atoms with Gasteiger partial charge in [0.1, 0.15) is 5.75 Å². The van der Waals surface area contributed by atoms with Crippen molar-refractivity contribution in [2.24, 2.45) is 5.73 Å². The second-order valence-corrected chi connectivity index (χ2v) is 6.14. The van der Waals surface area contributed by atoms with Crippen LogP contribution in [0.5, 0.6) is 5.75 Å². The second-order valence-electron chi connectivity index (χ2n) is 4.19. The minimum Gasteiger partial charge on any atom is -0.483 e. The summed E-state index contributed by atoms with van der Waals surface area (Å²) in [6.07, 6.45) is 0. The number of nitrogens with one attached hydrogen (secondary N) is 1. The summed E-state index contributed by atoms with van der Waals surface area (Å²) >= 11 is 5.15. The van der Waals surface area contributed by atoms with Crippen LogP contribution in [0.15, 0.2) is 40.2 Å². The molecule has 0 saturated heterocycles. The highest BCUT2D eigenvalue weighted by Crippen LogP contribution is 2.23. The maximum absolute atomic E-state index is 10.8. The van der Waals surface area contributed by atoms with Gasteiger partial charge in [-0.1, -0.05) is 22.0 Å². The molecular formula is C14H16BrClN2O2S. The lowest BCUT2D eigenvalue weighted by Gasteiger charge is -2.11. The lowest BCUT2D eigenvalue weighted by Crippen LogP contribution is -2.21. The van der Waals surface area contributed by atoms with Crippen LogP contribution < -0.4 is 15.8 Å². The number of benzene rings is 1. The zero-order valence-corrected chi connectivity index (χ0v) is 14.4. The Morgan fingerprint density at radius 1 is 1.33 bits per heavy atom. The van der Waals surface area contributed by atoms with Crippen LogP contribution in [0.4, 0.5) is 0 Å². The largest absolute Gasteiger partial charge is 0.483 e. The molecule has 0 unspecified atom stereocenters. The molecule has 114 valence electrons. The molecule has 0 fully saturated rings. The van der Waals surface area contributed by atoms with Crippen molar-refractivity contribution < 1.29 is 9.53 Å². The average molecular weight is 392 g/mol. The molecule has 0 aliphatic heterocycles. The number of hydrogen-bond acceptors (Lipinski definition) is 4. The summed E-state index contributed by atoms with van der Waals surface area (Å²) in [7, 11) is 0. The molecule has 0 aliphatic rings. The molecule has 0 saturated carbocycles. The van der Waals surface area contributed by atoms with Gasteiger partial charge in [0.2, 0.25) is 0 Å². The smallest absolute Gasteiger partial charge is 0.255 e. The van der Waals surface area contributed by atoms with Crippen LogP contribution in [-0.4, -0.2) is 12.5 Å². The van der Waals surface area contributed by atoms with E-state index in [9.17, 15) is 4.79 Å². The molecule has 0 aliphatic carbocycles. The Bertz CT molecular complexity index is 578. The van der Waals surface area contributed by atoms with E-state index in [0.29, 0.717) is 12.3 Å². The third kappa shape index (κ3) is 6.05. The minimum atomic E-state index is -0.481. The molecule has 4 nitrogen and oxygen atoms in total. The predicted molar refractivity (Wildman–Crippen MR) is 90.9 cm³/mol. The van der Waals surface area contributed by atoms with E-state index in [1.165, 1.54) is 4.88 Å². The third-order valence-corrected chi connectivity index (χ3v) is 3.96. The Morgan fingerprint density at radius 3 is 2.81 bits per heavy atom. The van der Waals surface area contributed by atoms with Crippen LogP contribution in [0.2, 0.25) is 0 Å². The van der Waals surface area contributed by atoms with E-state index in [4.69, 9.17) is 10.5 Å². The highest BCUT2D eigenvalue weighted by atomic mass is 79.9. The van der Waals surface area contributed by atoms with Crippen molar-refractivity contribution in [3.05, 3.63) is 50.6 Å². The maximum atomic E-state index is 10.8. The summed E-state index contributed by atoms with van der Waals surface area (Å²) in [6, 6.07) is 9.79. The summed E-state index contributed by atoms with van der Waals surface area (Å²) in [5.41, 5.74) is 6.08. The van der Waals surface area contributed by atoms with Crippen molar-refractivity contribution in [3.63, 3.8) is 0 Å². The molecule has 0 atom stereocenters. The SMILES string of the molecule is Cl.NC(=O)COc1ccc(Br)cc1CNCc1cccs1. The van der Waals surface area contributed by atoms with Gasteiger partial charge < -0.3 is 15.8 Å². The van der Waals surface area contributed by atoms with Gasteiger partial charge in [0.15, 0.2) is 6.61 Å². The fraction of sp³-hybridized carbons (Fsp3) is 0.214. The lowest BCUT2D eigenvalue weighted by atomic mass is 10.2. The number of carbonyl (C=O) groups excluding carboxylic acids is 1. The van der Waals surface area contributed by atoms with Gasteiger partial charge in [-0.15, -0.1) is 23.7 Å². The van der Waals surface area contributed by atoms with Gasteiger partial charge >= 0.3 is 0 Å². The molecular weight excluding hydrogens is 376 g/mol. The van der Waals surface area contributed by atoms with Crippen molar-refractivity contribution in [1.82, 2.24) is 5.32 Å². The average Bonchev–Trinajstić information content (AvgIpc) is 2.91. The molecule has 1 amide bonds. The molecule has 1 aromatic carbocycles. The minimum absolute atomic E-state index is 0. The van der Waals surface area contributed by atoms with Gasteiger partial charge in [-0.3, -0.25) is 4.79 Å². The van der Waals surface area contributed by atoms with Crippen molar-refractivity contribution >= 4 is 45.6 Å². The second kappa shape index (κ2) is 9.04. The quantitative estimate of drug-likeness (QED) is 0.762. The van der Waals surface area contributed by atoms with E-state index in [1.54, 1.807) is 11.3 Å². The number of nitrogens with two attached hydrogens (primary N) is 1. The number of carbonyl (C=O) groups is 1. The van der Waals surface area contributed by atoms with E-state index in [1.807, 2.05) is 24.3 Å². The van der Waals surface area contributed by atoms with Gasteiger partial charge in [-0.25, -0.2) is 0 Å². The van der Waals surface area contributed by atoms with E-state index in [0.717, 1.165) is 16.6 Å². The van der Waals surface area contributed by atoms with Crippen LogP contribution in [0.3, 0.4) is 0 Å². The fourth-order valence-electron chi connectivity index (χ4n) is 1.71. The zero-order chi connectivity index (χ0) is 14.4. The van der Waals surface area contributed by atoms with Crippen LogP contribution in [0.1, 0.15) is 10.4 Å². The number of amides is 1. The van der Waals surface area contributed by atoms with Crippen LogP contribution in [0, 0.1) is 0 Å². The van der Waals surface area contributed by atoms with E-state index >= 15 is 0 Å². The molecule has 21 heavy (non-hydrogen) atoms. The Labute approximate surface area is 142 Å². The first-order valence-electron chi connectivity index (χ1n) is 6.08. The van der Waals surface area contributed by atoms with Gasteiger partial charge in [0, 0.05) is 28.0 Å². The Morgan fingerprint density at radius 2 is 2.14 bits per heavy atom. The van der Waals surface area contributed by atoms with Gasteiger partial charge in [-0.2, -0.15) is 0 Å². The monoisotopic (exact) mass is 390 g/mol. The number of hydrogen-bond donors (Lipinski definition) is 2. The highest BCUT2D eigenvalue weighted by Gasteiger charge is 2.06. The first kappa shape index (κ1) is 18.0. The van der Waals surface area contributed by atoms with E-state index < -0.39 is 5.91 Å². The number of rotatable bonds is 7. The summed E-state index contributed by atoms with van der Waals surface area (Å²) in [5, 5.41) is 5.41. The van der Waals surface area contributed by atoms with Gasteiger partial charge in [0.05, 0.1) is 0 Å². The summed E-state index contributed by atoms with van der Waals surface area (Å²) in [6.45, 7) is 1.35. The molecule has 3 N–H and O–H groups in total. The number of halogens is 2. The van der Waals surface area contributed by atoms with Crippen LogP contribution in [-0.2, 0) is 17.9 Å². The van der Waals surface area contributed by atoms with Gasteiger partial charge in [0.25, 0.3) is 5.91 Å². The molecule has 0 radical (unpaired) electrons. The van der Waals surface area contributed by atoms with Crippen molar-refractivity contribution in [1.29, 1.82) is 0 Å². The summed E-state index contributed by atoms with van der Waals surface area (Å²) in [4.78, 5) is 12.1. The van der Waals surface area contributed by atoms with Gasteiger partial charge in [-0.05, 0) is 29.6 Å². The number of primary amides is 1. The standard InChI is InChI=1S/C14H15BrN2O2S.ClH/c15-11-3-4-13(19-9-14(16)18)10(6-11)7-17-8-12-2-1-5-20-12;/h1-6,17H,7-9H2,(H2,16,18);1H.